The van der Waals surface area contributed by atoms with Gasteiger partial charge in [-0.2, -0.15) is 0 Å². The zero-order valence-corrected chi connectivity index (χ0v) is 11.7. The van der Waals surface area contributed by atoms with Crippen LogP contribution in [0.15, 0.2) is 34.1 Å². The van der Waals surface area contributed by atoms with Crippen molar-refractivity contribution in [3.05, 3.63) is 50.1 Å². The minimum absolute atomic E-state index is 0.865. The fourth-order valence-electron chi connectivity index (χ4n) is 2.25. The summed E-state index contributed by atoms with van der Waals surface area (Å²) in [5, 5.41) is 0. The number of nitrogen functional groups attached to an aromatic ring is 1. The summed E-state index contributed by atoms with van der Waals surface area (Å²) >= 11 is 5.31. The van der Waals surface area contributed by atoms with Gasteiger partial charge in [-0.1, -0.05) is 6.07 Å². The van der Waals surface area contributed by atoms with E-state index in [9.17, 15) is 0 Å². The van der Waals surface area contributed by atoms with Crippen molar-refractivity contribution in [3.63, 3.8) is 0 Å². The summed E-state index contributed by atoms with van der Waals surface area (Å²) in [6.45, 7) is 3.06. The summed E-state index contributed by atoms with van der Waals surface area (Å²) in [4.78, 5) is 3.85. The molecule has 0 saturated carbocycles. The maximum Gasteiger partial charge on any atom is 0.0701 e. The molecule has 88 valence electrons. The number of hydrogen-bond acceptors (Lipinski definition) is 3. The number of thiophene rings is 1. The van der Waals surface area contributed by atoms with Crippen LogP contribution in [0.3, 0.4) is 0 Å². The Balaban J connectivity index is 1.74. The van der Waals surface area contributed by atoms with Crippen LogP contribution in [0.2, 0.25) is 0 Å². The Morgan fingerprint density at radius 2 is 2.00 bits per heavy atom. The van der Waals surface area contributed by atoms with E-state index >= 15 is 0 Å². The molecule has 4 heteroatoms. The lowest BCUT2D eigenvalue weighted by molar-refractivity contribution is 0.278. The highest BCUT2D eigenvalue weighted by Gasteiger charge is 2.19. The van der Waals surface area contributed by atoms with Crippen LogP contribution in [-0.4, -0.2) is 4.90 Å². The third-order valence-corrected chi connectivity index (χ3v) is 4.63. The number of anilines is 1. The first-order valence-corrected chi connectivity index (χ1v) is 7.15. The van der Waals surface area contributed by atoms with Crippen molar-refractivity contribution in [2.45, 2.75) is 19.6 Å². The minimum atomic E-state index is 0.865. The standard InChI is InChI=1S/C13H13BrN2S/c14-13-4-3-12(17-13)8-16-6-9-1-2-11(15)5-10(9)7-16/h1-5H,6-8,15H2. The van der Waals surface area contributed by atoms with Crippen molar-refractivity contribution in [2.24, 2.45) is 0 Å². The third kappa shape index (κ3) is 2.39. The van der Waals surface area contributed by atoms with Gasteiger partial charge in [0.25, 0.3) is 0 Å². The molecule has 0 radical (unpaired) electrons. The Morgan fingerprint density at radius 3 is 2.76 bits per heavy atom. The highest BCUT2D eigenvalue weighted by molar-refractivity contribution is 9.11. The Kier molecular flexibility index (Phi) is 2.94. The number of hydrogen-bond donors (Lipinski definition) is 1. The van der Waals surface area contributed by atoms with Crippen molar-refractivity contribution in [1.82, 2.24) is 4.90 Å². The van der Waals surface area contributed by atoms with Gasteiger partial charge in [0.1, 0.15) is 0 Å². The van der Waals surface area contributed by atoms with Crippen molar-refractivity contribution in [1.29, 1.82) is 0 Å². The van der Waals surface area contributed by atoms with E-state index in [2.05, 4.69) is 45.1 Å². The first-order valence-electron chi connectivity index (χ1n) is 5.54. The molecule has 1 aromatic carbocycles. The van der Waals surface area contributed by atoms with Gasteiger partial charge < -0.3 is 5.73 Å². The van der Waals surface area contributed by atoms with Gasteiger partial charge in [0.2, 0.25) is 0 Å². The van der Waals surface area contributed by atoms with Crippen LogP contribution in [0.5, 0.6) is 0 Å². The monoisotopic (exact) mass is 308 g/mol. The molecule has 0 amide bonds. The van der Waals surface area contributed by atoms with Crippen molar-refractivity contribution >= 4 is 33.0 Å². The van der Waals surface area contributed by atoms with Crippen LogP contribution < -0.4 is 5.73 Å². The van der Waals surface area contributed by atoms with Crippen LogP contribution in [0.1, 0.15) is 16.0 Å². The fraction of sp³-hybridized carbons (Fsp3) is 0.231. The molecule has 1 aliphatic rings. The predicted octanol–water partition coefficient (Wildman–Crippen LogP) is 3.61. The van der Waals surface area contributed by atoms with E-state index in [1.807, 2.05) is 6.07 Å². The summed E-state index contributed by atoms with van der Waals surface area (Å²) in [7, 11) is 0. The summed E-state index contributed by atoms with van der Waals surface area (Å²) in [5.41, 5.74) is 9.46. The van der Waals surface area contributed by atoms with Crippen molar-refractivity contribution < 1.29 is 0 Å². The molecule has 0 spiro atoms. The Morgan fingerprint density at radius 1 is 1.18 bits per heavy atom. The van der Waals surface area contributed by atoms with E-state index < -0.39 is 0 Å². The predicted molar refractivity (Wildman–Crippen MR) is 75.8 cm³/mol. The average Bonchev–Trinajstić information content (AvgIpc) is 2.84. The molecule has 2 heterocycles. The highest BCUT2D eigenvalue weighted by Crippen LogP contribution is 2.29. The van der Waals surface area contributed by atoms with Gasteiger partial charge in [-0.15, -0.1) is 11.3 Å². The number of halogens is 1. The van der Waals surface area contributed by atoms with Gasteiger partial charge in [0.15, 0.2) is 0 Å². The van der Waals surface area contributed by atoms with Gasteiger partial charge in [-0.05, 0) is 51.3 Å². The van der Waals surface area contributed by atoms with Crippen molar-refractivity contribution in [2.75, 3.05) is 5.73 Å². The van der Waals surface area contributed by atoms with Gasteiger partial charge in [-0.3, -0.25) is 4.90 Å². The molecule has 17 heavy (non-hydrogen) atoms. The second kappa shape index (κ2) is 4.44. The van der Waals surface area contributed by atoms with Gasteiger partial charge in [0, 0.05) is 30.2 Å². The Hall–Kier alpha value is -0.840. The molecule has 1 aromatic heterocycles. The first kappa shape index (κ1) is 11.3. The smallest absolute Gasteiger partial charge is 0.0701 e. The summed E-state index contributed by atoms with van der Waals surface area (Å²) in [5.74, 6) is 0. The van der Waals surface area contributed by atoms with Crippen LogP contribution in [0.25, 0.3) is 0 Å². The lowest BCUT2D eigenvalue weighted by atomic mass is 10.1. The lowest BCUT2D eigenvalue weighted by Crippen LogP contribution is -2.14. The van der Waals surface area contributed by atoms with E-state index in [4.69, 9.17) is 5.73 Å². The van der Waals surface area contributed by atoms with Crippen LogP contribution in [0, 0.1) is 0 Å². The molecule has 3 rings (SSSR count). The number of rotatable bonds is 2. The second-order valence-electron chi connectivity index (χ2n) is 4.38. The molecule has 2 aromatic rings. The SMILES string of the molecule is Nc1ccc2c(c1)CN(Cc1ccc(Br)s1)C2. The van der Waals surface area contributed by atoms with Crippen LogP contribution in [0.4, 0.5) is 5.69 Å². The second-order valence-corrected chi connectivity index (χ2v) is 6.93. The minimum Gasteiger partial charge on any atom is -0.399 e. The van der Waals surface area contributed by atoms with Crippen LogP contribution >= 0.6 is 27.3 Å². The van der Waals surface area contributed by atoms with E-state index in [-0.39, 0.29) is 0 Å². The number of nitrogens with zero attached hydrogens (tertiary/aromatic N) is 1. The normalized spacial score (nSPS) is 15.1. The molecule has 1 aliphatic heterocycles. The molecule has 2 nitrogen and oxygen atoms in total. The fourth-order valence-corrected chi connectivity index (χ4v) is 3.78. The van der Waals surface area contributed by atoms with E-state index in [0.717, 1.165) is 25.3 Å². The molecule has 0 atom stereocenters. The lowest BCUT2D eigenvalue weighted by Gasteiger charge is -2.12. The molecular weight excluding hydrogens is 296 g/mol. The quantitative estimate of drug-likeness (QED) is 0.859. The third-order valence-electron chi connectivity index (χ3n) is 3.03. The van der Waals surface area contributed by atoms with Crippen LogP contribution in [-0.2, 0) is 19.6 Å². The topological polar surface area (TPSA) is 29.3 Å². The summed E-state index contributed by atoms with van der Waals surface area (Å²) < 4.78 is 1.20. The average molecular weight is 309 g/mol. The highest BCUT2D eigenvalue weighted by atomic mass is 79.9. The van der Waals surface area contributed by atoms with Gasteiger partial charge in [-0.25, -0.2) is 0 Å². The van der Waals surface area contributed by atoms with E-state index in [1.165, 1.54) is 19.8 Å². The Labute approximate surface area is 113 Å². The Bertz CT molecular complexity index is 548. The van der Waals surface area contributed by atoms with Gasteiger partial charge in [0.05, 0.1) is 3.79 Å². The maximum atomic E-state index is 5.81. The van der Waals surface area contributed by atoms with E-state index in [0.29, 0.717) is 0 Å². The number of benzene rings is 1. The molecule has 0 aliphatic carbocycles. The molecule has 0 fully saturated rings. The molecular formula is C13H13BrN2S. The summed E-state index contributed by atoms with van der Waals surface area (Å²) in [6.07, 6.45) is 0. The maximum absolute atomic E-state index is 5.81. The zero-order valence-electron chi connectivity index (χ0n) is 9.32. The zero-order chi connectivity index (χ0) is 11.8. The largest absolute Gasteiger partial charge is 0.399 e. The molecule has 0 bridgehead atoms. The van der Waals surface area contributed by atoms with E-state index in [1.54, 1.807) is 11.3 Å². The molecule has 0 saturated heterocycles. The van der Waals surface area contributed by atoms with Crippen molar-refractivity contribution in [3.8, 4) is 0 Å². The van der Waals surface area contributed by atoms with Gasteiger partial charge >= 0.3 is 0 Å². The first-order chi connectivity index (χ1) is 8.20. The molecule has 0 unspecified atom stereocenters. The summed E-state index contributed by atoms with van der Waals surface area (Å²) in [6, 6.07) is 10.5. The number of fused-ring (bicyclic) bond motifs is 1. The number of nitrogens with two attached hydrogens (primary N) is 1. The molecule has 2 N–H and O–H groups in total.